The van der Waals surface area contributed by atoms with Crippen LogP contribution in [0.3, 0.4) is 0 Å². The van der Waals surface area contributed by atoms with Crippen molar-refractivity contribution in [2.75, 3.05) is 0 Å². The first-order chi connectivity index (χ1) is 10.5. The second kappa shape index (κ2) is 9.31. The SMILES string of the molecule is CCCCCCCCCC(CC)(c1ccccc1)S(=O)(=O)O. The molecule has 0 aliphatic heterocycles. The van der Waals surface area contributed by atoms with E-state index in [0.717, 1.165) is 19.3 Å². The van der Waals surface area contributed by atoms with Crippen LogP contribution < -0.4 is 0 Å². The predicted molar refractivity (Wildman–Crippen MR) is 92.6 cm³/mol. The zero-order chi connectivity index (χ0) is 16.5. The van der Waals surface area contributed by atoms with Crippen molar-refractivity contribution in [3.8, 4) is 0 Å². The van der Waals surface area contributed by atoms with Gasteiger partial charge in [-0.25, -0.2) is 0 Å². The van der Waals surface area contributed by atoms with Crippen LogP contribution in [0.15, 0.2) is 30.3 Å². The standard InChI is InChI=1S/C18H30O3S/c1-3-5-6-7-8-9-13-16-18(4-2,22(19,20)21)17-14-11-10-12-15-17/h10-12,14-15H,3-9,13,16H2,1-2H3,(H,19,20,21). The van der Waals surface area contributed by atoms with Crippen LogP contribution in [0.4, 0.5) is 0 Å². The van der Waals surface area contributed by atoms with Gasteiger partial charge in [-0.2, -0.15) is 8.42 Å². The Morgan fingerprint density at radius 2 is 1.45 bits per heavy atom. The molecule has 1 N–H and O–H groups in total. The highest BCUT2D eigenvalue weighted by Gasteiger charge is 2.42. The van der Waals surface area contributed by atoms with E-state index in [1.54, 1.807) is 12.1 Å². The Morgan fingerprint density at radius 1 is 0.909 bits per heavy atom. The summed E-state index contributed by atoms with van der Waals surface area (Å²) >= 11 is 0. The average Bonchev–Trinajstić information content (AvgIpc) is 2.50. The molecule has 22 heavy (non-hydrogen) atoms. The fraction of sp³-hybridized carbons (Fsp3) is 0.667. The van der Waals surface area contributed by atoms with Crippen molar-refractivity contribution in [2.24, 2.45) is 0 Å². The molecule has 0 fully saturated rings. The second-order valence-corrected chi connectivity index (χ2v) is 7.79. The smallest absolute Gasteiger partial charge is 0.274 e. The molecule has 1 rings (SSSR count). The summed E-state index contributed by atoms with van der Waals surface area (Å²) in [7, 11) is -4.13. The summed E-state index contributed by atoms with van der Waals surface area (Å²) in [5.74, 6) is 0. The molecular formula is C18H30O3S. The van der Waals surface area contributed by atoms with E-state index in [2.05, 4.69) is 6.92 Å². The third-order valence-corrected chi connectivity index (χ3v) is 6.27. The van der Waals surface area contributed by atoms with Crippen LogP contribution in [0.1, 0.15) is 77.2 Å². The lowest BCUT2D eigenvalue weighted by atomic mass is 9.89. The normalized spacial score (nSPS) is 14.7. The van der Waals surface area contributed by atoms with Crippen LogP contribution in [-0.2, 0) is 14.9 Å². The van der Waals surface area contributed by atoms with Crippen molar-refractivity contribution < 1.29 is 13.0 Å². The second-order valence-electron chi connectivity index (χ2n) is 6.06. The molecule has 0 aromatic heterocycles. The van der Waals surface area contributed by atoms with Gasteiger partial charge in [-0.1, -0.05) is 89.1 Å². The predicted octanol–water partition coefficient (Wildman–Crippen LogP) is 5.32. The van der Waals surface area contributed by atoms with Crippen LogP contribution in [0.5, 0.6) is 0 Å². The molecule has 1 aromatic carbocycles. The fourth-order valence-electron chi connectivity index (χ4n) is 3.10. The minimum atomic E-state index is -4.13. The molecular weight excluding hydrogens is 296 g/mol. The summed E-state index contributed by atoms with van der Waals surface area (Å²) in [6, 6.07) is 9.13. The number of hydrogen-bond donors (Lipinski definition) is 1. The molecule has 0 saturated carbocycles. The van der Waals surface area contributed by atoms with E-state index in [-0.39, 0.29) is 0 Å². The van der Waals surface area contributed by atoms with Gasteiger partial charge in [0.2, 0.25) is 0 Å². The van der Waals surface area contributed by atoms with Gasteiger partial charge in [0.05, 0.1) is 0 Å². The highest BCUT2D eigenvalue weighted by molar-refractivity contribution is 7.86. The maximum atomic E-state index is 12.0. The average molecular weight is 327 g/mol. The number of benzene rings is 1. The summed E-state index contributed by atoms with van der Waals surface area (Å²) in [5.41, 5.74) is 0.700. The minimum absolute atomic E-state index is 0.395. The van der Waals surface area contributed by atoms with E-state index >= 15 is 0 Å². The van der Waals surface area contributed by atoms with Crippen molar-refractivity contribution in [2.45, 2.75) is 76.4 Å². The Hall–Kier alpha value is -0.870. The monoisotopic (exact) mass is 326 g/mol. The summed E-state index contributed by atoms with van der Waals surface area (Å²) in [4.78, 5) is 0. The Bertz CT molecular complexity index is 510. The van der Waals surface area contributed by atoms with E-state index in [9.17, 15) is 13.0 Å². The molecule has 0 heterocycles. The van der Waals surface area contributed by atoms with Crippen molar-refractivity contribution in [3.05, 3.63) is 35.9 Å². The summed E-state index contributed by atoms with van der Waals surface area (Å²) < 4.78 is 32.8. The highest BCUT2D eigenvalue weighted by atomic mass is 32.2. The number of rotatable bonds is 11. The maximum absolute atomic E-state index is 12.0. The van der Waals surface area contributed by atoms with Gasteiger partial charge >= 0.3 is 0 Å². The van der Waals surface area contributed by atoms with Gasteiger partial charge in [-0.15, -0.1) is 0 Å². The van der Waals surface area contributed by atoms with Gasteiger partial charge in [-0.3, -0.25) is 4.55 Å². The first-order valence-corrected chi connectivity index (χ1v) is 9.94. The van der Waals surface area contributed by atoms with E-state index in [0.29, 0.717) is 18.4 Å². The van der Waals surface area contributed by atoms with E-state index in [1.165, 1.54) is 25.7 Å². The Morgan fingerprint density at radius 3 is 1.95 bits per heavy atom. The van der Waals surface area contributed by atoms with Gasteiger partial charge in [-0.05, 0) is 18.4 Å². The third kappa shape index (κ3) is 5.10. The zero-order valence-corrected chi connectivity index (χ0v) is 14.7. The molecule has 126 valence electrons. The quantitative estimate of drug-likeness (QED) is 0.442. The summed E-state index contributed by atoms with van der Waals surface area (Å²) in [6.45, 7) is 4.03. The molecule has 0 spiro atoms. The minimum Gasteiger partial charge on any atom is -0.285 e. The van der Waals surface area contributed by atoms with Crippen molar-refractivity contribution in [1.29, 1.82) is 0 Å². The van der Waals surface area contributed by atoms with Crippen LogP contribution in [-0.4, -0.2) is 13.0 Å². The number of unbranched alkanes of at least 4 members (excludes halogenated alkanes) is 6. The van der Waals surface area contributed by atoms with Crippen LogP contribution in [0.2, 0.25) is 0 Å². The van der Waals surface area contributed by atoms with Gasteiger partial charge in [0, 0.05) is 0 Å². The van der Waals surface area contributed by atoms with Crippen molar-refractivity contribution >= 4 is 10.1 Å². The molecule has 0 amide bonds. The van der Waals surface area contributed by atoms with Crippen LogP contribution in [0, 0.1) is 0 Å². The lowest BCUT2D eigenvalue weighted by Gasteiger charge is -2.30. The van der Waals surface area contributed by atoms with Gasteiger partial charge in [0.1, 0.15) is 4.75 Å². The van der Waals surface area contributed by atoms with Gasteiger partial charge in [0.15, 0.2) is 0 Å². The molecule has 1 atom stereocenters. The largest absolute Gasteiger partial charge is 0.285 e. The molecule has 0 saturated heterocycles. The zero-order valence-electron chi connectivity index (χ0n) is 13.9. The molecule has 0 radical (unpaired) electrons. The third-order valence-electron chi connectivity index (χ3n) is 4.55. The molecule has 3 nitrogen and oxygen atoms in total. The van der Waals surface area contributed by atoms with E-state index < -0.39 is 14.9 Å². The van der Waals surface area contributed by atoms with Gasteiger partial charge < -0.3 is 0 Å². The van der Waals surface area contributed by atoms with E-state index in [4.69, 9.17) is 0 Å². The Kier molecular flexibility index (Phi) is 8.12. The van der Waals surface area contributed by atoms with Crippen LogP contribution in [0.25, 0.3) is 0 Å². The lowest BCUT2D eigenvalue weighted by Crippen LogP contribution is -2.35. The molecule has 0 aliphatic rings. The highest BCUT2D eigenvalue weighted by Crippen LogP contribution is 2.38. The van der Waals surface area contributed by atoms with Gasteiger partial charge in [0.25, 0.3) is 10.1 Å². The Balaban J connectivity index is 2.69. The summed E-state index contributed by atoms with van der Waals surface area (Å²) in [6.07, 6.45) is 8.84. The first kappa shape index (κ1) is 19.2. The van der Waals surface area contributed by atoms with Crippen molar-refractivity contribution in [3.63, 3.8) is 0 Å². The molecule has 1 aromatic rings. The summed E-state index contributed by atoms with van der Waals surface area (Å²) in [5, 5.41) is 0. The Labute approximate surface area is 135 Å². The molecule has 1 unspecified atom stereocenters. The molecule has 0 aliphatic carbocycles. The first-order valence-electron chi connectivity index (χ1n) is 8.50. The maximum Gasteiger partial charge on any atom is 0.274 e. The van der Waals surface area contributed by atoms with E-state index in [1.807, 2.05) is 25.1 Å². The molecule has 4 heteroatoms. The lowest BCUT2D eigenvalue weighted by molar-refractivity contribution is 0.392. The van der Waals surface area contributed by atoms with Crippen molar-refractivity contribution in [1.82, 2.24) is 0 Å². The fourth-order valence-corrected chi connectivity index (χ4v) is 4.30. The molecule has 0 bridgehead atoms. The number of hydrogen-bond acceptors (Lipinski definition) is 2. The van der Waals surface area contributed by atoms with Crippen LogP contribution >= 0.6 is 0 Å². The topological polar surface area (TPSA) is 54.4 Å².